The number of carboxylic acids is 1. The van der Waals surface area contributed by atoms with Gasteiger partial charge in [0.15, 0.2) is 5.78 Å². The van der Waals surface area contributed by atoms with Gasteiger partial charge in [0, 0.05) is 23.4 Å². The molecule has 2 aromatic carbocycles. The normalized spacial score (nSPS) is 11.2. The molecule has 1 heterocycles. The second kappa shape index (κ2) is 8.77. The first-order valence-electron chi connectivity index (χ1n) is 8.80. The Bertz CT molecular complexity index is 991. The van der Waals surface area contributed by atoms with E-state index in [9.17, 15) is 14.7 Å². The SMILES string of the molecule is O=C(O)/C(O)=C/c1ccc(CCc2ccc(C(=O)c3ccccc3)cc2)cn1. The smallest absolute Gasteiger partial charge is 0.371 e. The minimum atomic E-state index is -1.39. The van der Waals surface area contributed by atoms with Crippen molar-refractivity contribution in [3.8, 4) is 0 Å². The number of carboxylic acid groups (broad SMARTS) is 1. The lowest BCUT2D eigenvalue weighted by Crippen LogP contribution is -2.01. The van der Waals surface area contributed by atoms with E-state index in [2.05, 4.69) is 4.98 Å². The number of hydrogen-bond donors (Lipinski definition) is 2. The fourth-order valence-electron chi connectivity index (χ4n) is 2.74. The Morgan fingerprint density at radius 1 is 0.786 bits per heavy atom. The minimum Gasteiger partial charge on any atom is -0.502 e. The molecule has 140 valence electrons. The number of aliphatic carboxylic acids is 1. The highest BCUT2D eigenvalue weighted by molar-refractivity contribution is 6.08. The van der Waals surface area contributed by atoms with Gasteiger partial charge in [0.25, 0.3) is 0 Å². The number of hydrogen-bond acceptors (Lipinski definition) is 4. The third-order valence-corrected chi connectivity index (χ3v) is 4.31. The summed E-state index contributed by atoms with van der Waals surface area (Å²) in [4.78, 5) is 27.2. The third-order valence-electron chi connectivity index (χ3n) is 4.31. The third kappa shape index (κ3) is 4.92. The average Bonchev–Trinajstić information content (AvgIpc) is 2.73. The minimum absolute atomic E-state index is 0.00427. The average molecular weight is 373 g/mol. The van der Waals surface area contributed by atoms with E-state index in [-0.39, 0.29) is 5.78 Å². The largest absolute Gasteiger partial charge is 0.502 e. The Labute approximate surface area is 162 Å². The van der Waals surface area contributed by atoms with Crippen molar-refractivity contribution in [2.24, 2.45) is 0 Å². The Balaban J connectivity index is 1.60. The first-order chi connectivity index (χ1) is 13.5. The van der Waals surface area contributed by atoms with Crippen LogP contribution in [-0.4, -0.2) is 26.9 Å². The number of ketones is 1. The van der Waals surface area contributed by atoms with Crippen LogP contribution in [0.1, 0.15) is 32.7 Å². The number of benzene rings is 2. The van der Waals surface area contributed by atoms with Crippen molar-refractivity contribution >= 4 is 17.8 Å². The van der Waals surface area contributed by atoms with Crippen molar-refractivity contribution < 1.29 is 19.8 Å². The van der Waals surface area contributed by atoms with E-state index in [4.69, 9.17) is 5.11 Å². The number of pyridine rings is 1. The number of nitrogens with zero attached hydrogens (tertiary/aromatic N) is 1. The van der Waals surface area contributed by atoms with Gasteiger partial charge in [-0.1, -0.05) is 60.7 Å². The number of aliphatic hydroxyl groups excluding tert-OH is 1. The predicted molar refractivity (Wildman–Crippen MR) is 106 cm³/mol. The van der Waals surface area contributed by atoms with Crippen LogP contribution in [0.15, 0.2) is 78.7 Å². The van der Waals surface area contributed by atoms with Crippen LogP contribution in [0.2, 0.25) is 0 Å². The molecule has 2 N–H and O–H groups in total. The quantitative estimate of drug-likeness (QED) is 0.370. The lowest BCUT2D eigenvalue weighted by Gasteiger charge is -2.05. The maximum atomic E-state index is 12.4. The van der Waals surface area contributed by atoms with Gasteiger partial charge in [0.1, 0.15) is 0 Å². The monoisotopic (exact) mass is 373 g/mol. The lowest BCUT2D eigenvalue weighted by molar-refractivity contribution is -0.135. The van der Waals surface area contributed by atoms with Crippen LogP contribution in [0.4, 0.5) is 0 Å². The standard InChI is InChI=1S/C23H19NO4/c25-21(23(27)28)14-20-13-10-17(15-24-20)7-6-16-8-11-19(12-9-16)22(26)18-4-2-1-3-5-18/h1-5,8-15,25H,6-7H2,(H,27,28)/b21-14-. The first-order valence-corrected chi connectivity index (χ1v) is 8.80. The highest BCUT2D eigenvalue weighted by Gasteiger charge is 2.08. The van der Waals surface area contributed by atoms with E-state index < -0.39 is 11.7 Å². The molecule has 0 aliphatic rings. The van der Waals surface area contributed by atoms with Crippen LogP contribution in [0, 0.1) is 0 Å². The topological polar surface area (TPSA) is 87.5 Å². The zero-order valence-corrected chi connectivity index (χ0v) is 15.1. The maximum absolute atomic E-state index is 12.4. The summed E-state index contributed by atoms with van der Waals surface area (Å²) < 4.78 is 0. The molecule has 0 saturated heterocycles. The summed E-state index contributed by atoms with van der Waals surface area (Å²) in [6, 6.07) is 20.3. The summed E-state index contributed by atoms with van der Waals surface area (Å²) >= 11 is 0. The molecule has 0 amide bonds. The van der Waals surface area contributed by atoms with Gasteiger partial charge in [-0.2, -0.15) is 0 Å². The number of rotatable bonds is 7. The van der Waals surface area contributed by atoms with Gasteiger partial charge in [0.05, 0.1) is 5.69 Å². The highest BCUT2D eigenvalue weighted by Crippen LogP contribution is 2.13. The van der Waals surface area contributed by atoms with Gasteiger partial charge in [-0.3, -0.25) is 9.78 Å². The van der Waals surface area contributed by atoms with E-state index in [0.717, 1.165) is 30.0 Å². The van der Waals surface area contributed by atoms with Crippen molar-refractivity contribution in [2.75, 3.05) is 0 Å². The summed E-state index contributed by atoms with van der Waals surface area (Å²) in [5.74, 6) is -2.13. The molecule has 1 aromatic heterocycles. The number of aryl methyl sites for hydroxylation is 2. The van der Waals surface area contributed by atoms with Gasteiger partial charge in [0.2, 0.25) is 5.76 Å². The molecule has 0 aliphatic heterocycles. The number of carbonyl (C=O) groups is 2. The predicted octanol–water partition coefficient (Wildman–Crippen LogP) is 4.08. The number of aromatic nitrogens is 1. The second-order valence-electron chi connectivity index (χ2n) is 6.32. The highest BCUT2D eigenvalue weighted by atomic mass is 16.4. The Kier molecular flexibility index (Phi) is 5.97. The van der Waals surface area contributed by atoms with Gasteiger partial charge < -0.3 is 10.2 Å². The molecule has 0 fully saturated rings. The van der Waals surface area contributed by atoms with Gasteiger partial charge in [-0.25, -0.2) is 4.79 Å². The summed E-state index contributed by atoms with van der Waals surface area (Å²) in [6.45, 7) is 0. The number of carbonyl (C=O) groups excluding carboxylic acids is 1. The molecule has 5 heteroatoms. The van der Waals surface area contributed by atoms with Crippen molar-refractivity contribution in [1.82, 2.24) is 4.98 Å². The Morgan fingerprint density at radius 2 is 1.39 bits per heavy atom. The Morgan fingerprint density at radius 3 is 2.00 bits per heavy atom. The molecule has 0 aliphatic carbocycles. The first kappa shape index (κ1) is 19.0. The molecule has 3 rings (SSSR count). The van der Waals surface area contributed by atoms with Gasteiger partial charge >= 0.3 is 5.97 Å². The molecule has 28 heavy (non-hydrogen) atoms. The molecule has 0 bridgehead atoms. The molecule has 3 aromatic rings. The van der Waals surface area contributed by atoms with Crippen LogP contribution in [0.3, 0.4) is 0 Å². The molecule has 5 nitrogen and oxygen atoms in total. The fraction of sp³-hybridized carbons (Fsp3) is 0.0870. The molecule has 0 unspecified atom stereocenters. The molecule has 0 saturated carbocycles. The van der Waals surface area contributed by atoms with Crippen LogP contribution >= 0.6 is 0 Å². The van der Waals surface area contributed by atoms with Crippen LogP contribution in [-0.2, 0) is 17.6 Å². The lowest BCUT2D eigenvalue weighted by atomic mass is 10.00. The molecular weight excluding hydrogens is 354 g/mol. The molecule has 0 atom stereocenters. The van der Waals surface area contributed by atoms with Gasteiger partial charge in [-0.05, 0) is 30.0 Å². The summed E-state index contributed by atoms with van der Waals surface area (Å²) in [5, 5.41) is 17.9. The van der Waals surface area contributed by atoms with E-state index in [1.807, 2.05) is 48.5 Å². The summed E-state index contributed by atoms with van der Waals surface area (Å²) in [6.07, 6.45) is 4.31. The summed E-state index contributed by atoms with van der Waals surface area (Å²) in [7, 11) is 0. The van der Waals surface area contributed by atoms with Crippen molar-refractivity contribution in [2.45, 2.75) is 12.8 Å². The van der Waals surface area contributed by atoms with Crippen molar-refractivity contribution in [3.63, 3.8) is 0 Å². The summed E-state index contributed by atoms with van der Waals surface area (Å²) in [5.41, 5.74) is 3.82. The second-order valence-corrected chi connectivity index (χ2v) is 6.32. The van der Waals surface area contributed by atoms with E-state index >= 15 is 0 Å². The fourth-order valence-corrected chi connectivity index (χ4v) is 2.74. The van der Waals surface area contributed by atoms with Crippen LogP contribution in [0.25, 0.3) is 6.08 Å². The van der Waals surface area contributed by atoms with Crippen LogP contribution in [0.5, 0.6) is 0 Å². The maximum Gasteiger partial charge on any atom is 0.371 e. The van der Waals surface area contributed by atoms with E-state index in [1.165, 1.54) is 0 Å². The zero-order valence-electron chi connectivity index (χ0n) is 15.1. The molecular formula is C23H19NO4. The van der Waals surface area contributed by atoms with E-state index in [1.54, 1.807) is 24.4 Å². The Hall–Kier alpha value is -3.73. The molecule has 0 spiro atoms. The number of aliphatic hydroxyl groups is 1. The van der Waals surface area contributed by atoms with Crippen molar-refractivity contribution in [3.05, 3.63) is 107 Å². The molecule has 0 radical (unpaired) electrons. The van der Waals surface area contributed by atoms with E-state index in [0.29, 0.717) is 16.8 Å². The van der Waals surface area contributed by atoms with Crippen LogP contribution < -0.4 is 0 Å². The van der Waals surface area contributed by atoms with Crippen molar-refractivity contribution in [1.29, 1.82) is 0 Å². The zero-order chi connectivity index (χ0) is 19.9. The van der Waals surface area contributed by atoms with Gasteiger partial charge in [-0.15, -0.1) is 0 Å².